The first kappa shape index (κ1) is 20.4. The van der Waals surface area contributed by atoms with Gasteiger partial charge in [0.05, 0.1) is 16.3 Å². The third-order valence-corrected chi connectivity index (χ3v) is 6.77. The van der Waals surface area contributed by atoms with Crippen molar-refractivity contribution in [2.45, 2.75) is 61.3 Å². The first-order valence-corrected chi connectivity index (χ1v) is 10.7. The number of imidazole rings is 1. The molecule has 0 bridgehead atoms. The molecule has 2 atom stereocenters. The Labute approximate surface area is 171 Å². The van der Waals surface area contributed by atoms with Crippen molar-refractivity contribution in [3.63, 3.8) is 0 Å². The normalized spacial score (nSPS) is 23.9. The molecule has 0 aromatic carbocycles. The van der Waals surface area contributed by atoms with Crippen LogP contribution in [-0.2, 0) is 7.05 Å². The summed E-state index contributed by atoms with van der Waals surface area (Å²) < 4.78 is 3.28. The van der Waals surface area contributed by atoms with Crippen molar-refractivity contribution in [3.05, 3.63) is 33.9 Å². The van der Waals surface area contributed by atoms with Crippen LogP contribution in [0.4, 0.5) is 0 Å². The van der Waals surface area contributed by atoms with E-state index in [1.165, 1.54) is 0 Å². The molecule has 2 aliphatic rings. The third-order valence-electron chi connectivity index (χ3n) is 6.00. The van der Waals surface area contributed by atoms with Gasteiger partial charge in [0.1, 0.15) is 11.6 Å². The number of aromatic nitrogens is 2. The minimum atomic E-state index is -0.101. The summed E-state index contributed by atoms with van der Waals surface area (Å²) in [5, 5.41) is 13.5. The van der Waals surface area contributed by atoms with Crippen molar-refractivity contribution in [3.8, 4) is 0 Å². The van der Waals surface area contributed by atoms with E-state index < -0.39 is 0 Å². The molecule has 3 nitrogen and oxygen atoms in total. The van der Waals surface area contributed by atoms with Gasteiger partial charge in [-0.3, -0.25) is 0 Å². The van der Waals surface area contributed by atoms with E-state index in [9.17, 15) is 5.11 Å². The van der Waals surface area contributed by atoms with Crippen molar-refractivity contribution in [2.24, 2.45) is 29.7 Å². The molecule has 0 radical (unpaired) electrons. The number of aliphatic hydroxyl groups excluding tert-OH is 1. The molecule has 0 fully saturated rings. The van der Waals surface area contributed by atoms with Gasteiger partial charge in [0, 0.05) is 11.5 Å². The number of hydrogen-bond donors (Lipinski definition) is 1. The zero-order valence-corrected chi connectivity index (χ0v) is 19.5. The molecule has 1 heterocycles. The van der Waals surface area contributed by atoms with Crippen LogP contribution in [0.2, 0.25) is 0 Å². The molecule has 3 rings (SSSR count). The summed E-state index contributed by atoms with van der Waals surface area (Å²) in [4.78, 5) is 4.95. The summed E-state index contributed by atoms with van der Waals surface area (Å²) >= 11 is 3.70. The smallest absolute Gasteiger partial charge is 0.144 e. The summed E-state index contributed by atoms with van der Waals surface area (Å²) in [6, 6.07) is 0. The predicted octanol–water partition coefficient (Wildman–Crippen LogP) is 5.05. The predicted molar refractivity (Wildman–Crippen MR) is 118 cm³/mol. The van der Waals surface area contributed by atoms with Crippen LogP contribution in [0.1, 0.15) is 67.1 Å². The average molecular weight is 433 g/mol. The summed E-state index contributed by atoms with van der Waals surface area (Å²) in [7, 11) is 2.05. The zero-order valence-electron chi connectivity index (χ0n) is 17.9. The van der Waals surface area contributed by atoms with E-state index in [0.717, 1.165) is 45.0 Å². The van der Waals surface area contributed by atoms with E-state index in [1.54, 1.807) is 0 Å². The van der Waals surface area contributed by atoms with Crippen LogP contribution >= 0.6 is 15.9 Å². The first-order valence-electron chi connectivity index (χ1n) is 9.91. The molecule has 1 N–H and O–H groups in total. The molecule has 0 amide bonds. The second-order valence-electron chi connectivity index (χ2n) is 10.1. The molecule has 2 unspecified atom stereocenters. The van der Waals surface area contributed by atoms with E-state index >= 15 is 0 Å². The molecule has 1 aromatic heterocycles. The van der Waals surface area contributed by atoms with E-state index in [1.807, 2.05) is 0 Å². The molecule has 27 heavy (non-hydrogen) atoms. The van der Waals surface area contributed by atoms with Crippen LogP contribution < -0.4 is 10.7 Å². The lowest BCUT2D eigenvalue weighted by Gasteiger charge is -2.42. The molecule has 2 aliphatic carbocycles. The van der Waals surface area contributed by atoms with Crippen molar-refractivity contribution in [2.75, 3.05) is 0 Å². The fourth-order valence-corrected chi connectivity index (χ4v) is 5.32. The molecule has 0 aliphatic heterocycles. The van der Waals surface area contributed by atoms with Gasteiger partial charge in [-0.15, -0.1) is 0 Å². The number of nitrogens with zero attached hydrogens (tertiary/aromatic N) is 2. The molecular weight excluding hydrogens is 400 g/mol. The van der Waals surface area contributed by atoms with Gasteiger partial charge in [-0.05, 0) is 41.1 Å². The van der Waals surface area contributed by atoms with E-state index in [0.29, 0.717) is 11.7 Å². The van der Waals surface area contributed by atoms with Crippen molar-refractivity contribution in [1.29, 1.82) is 0 Å². The Hall–Kier alpha value is -1.29. The molecule has 0 saturated heterocycles. The first-order chi connectivity index (χ1) is 12.3. The van der Waals surface area contributed by atoms with Gasteiger partial charge >= 0.3 is 0 Å². The minimum absolute atomic E-state index is 0.101. The molecule has 0 spiro atoms. The van der Waals surface area contributed by atoms with Gasteiger partial charge in [0.15, 0.2) is 0 Å². The molecule has 4 heteroatoms. The zero-order chi connectivity index (χ0) is 20.3. The average Bonchev–Trinajstić information content (AvgIpc) is 2.84. The van der Waals surface area contributed by atoms with Gasteiger partial charge in [-0.2, -0.15) is 0 Å². The number of aliphatic hydroxyl groups is 1. The molecule has 0 saturated carbocycles. The van der Waals surface area contributed by atoms with Gasteiger partial charge in [-0.25, -0.2) is 4.98 Å². The second kappa shape index (κ2) is 6.65. The largest absolute Gasteiger partial charge is 0.507 e. The number of fused-ring (bicyclic) bond motifs is 1. The summed E-state index contributed by atoms with van der Waals surface area (Å²) in [5.41, 5.74) is 2.01. The Bertz CT molecular complexity index is 948. The highest BCUT2D eigenvalue weighted by Crippen LogP contribution is 2.49. The Morgan fingerprint density at radius 2 is 1.81 bits per heavy atom. The number of allylic oxidation sites excluding steroid dienone is 3. The van der Waals surface area contributed by atoms with Crippen LogP contribution in [0.5, 0.6) is 0 Å². The lowest BCUT2D eigenvalue weighted by atomic mass is 9.63. The van der Waals surface area contributed by atoms with Gasteiger partial charge < -0.3 is 9.67 Å². The van der Waals surface area contributed by atoms with Crippen molar-refractivity contribution < 1.29 is 5.11 Å². The maximum atomic E-state index is 11.4. The minimum Gasteiger partial charge on any atom is -0.507 e. The molecule has 148 valence electrons. The van der Waals surface area contributed by atoms with Crippen molar-refractivity contribution in [1.82, 2.24) is 9.55 Å². The van der Waals surface area contributed by atoms with E-state index in [4.69, 9.17) is 4.98 Å². The van der Waals surface area contributed by atoms with Crippen LogP contribution in [0.3, 0.4) is 0 Å². The van der Waals surface area contributed by atoms with Gasteiger partial charge in [0.2, 0.25) is 0 Å². The van der Waals surface area contributed by atoms with Crippen LogP contribution in [0, 0.1) is 22.7 Å². The highest BCUT2D eigenvalue weighted by molar-refractivity contribution is 9.14. The van der Waals surface area contributed by atoms with Gasteiger partial charge in [-0.1, -0.05) is 76.5 Å². The highest BCUT2D eigenvalue weighted by atomic mass is 79.9. The Morgan fingerprint density at radius 3 is 2.33 bits per heavy atom. The summed E-state index contributed by atoms with van der Waals surface area (Å²) in [5.74, 6) is 1.89. The summed E-state index contributed by atoms with van der Waals surface area (Å²) in [6.45, 7) is 15.7. The molecule has 1 aromatic rings. The fourth-order valence-electron chi connectivity index (χ4n) is 4.80. The Morgan fingerprint density at radius 1 is 1.19 bits per heavy atom. The second-order valence-corrected chi connectivity index (χ2v) is 11.1. The van der Waals surface area contributed by atoms with Crippen LogP contribution in [0.15, 0.2) is 17.4 Å². The number of rotatable bonds is 1. The topological polar surface area (TPSA) is 38.1 Å². The van der Waals surface area contributed by atoms with Crippen molar-refractivity contribution >= 4 is 32.1 Å². The Kier molecular flexibility index (Phi) is 5.03. The monoisotopic (exact) mass is 432 g/mol. The van der Waals surface area contributed by atoms with E-state index in [2.05, 4.69) is 88.2 Å². The van der Waals surface area contributed by atoms with Gasteiger partial charge in [0.25, 0.3) is 0 Å². The standard InChI is InChI=1S/C23H33BrN2O/c1-13-15(22(2,3)4)12-14(20(27)18(13)23(5,6)7)21-25-19-16(24)10-9-11-17(19)26(21)8/h11-13,15,27H,9-10H2,1-8H3. The fraction of sp³-hybridized carbons (Fsp3) is 0.609. The number of hydrogen-bond acceptors (Lipinski definition) is 2. The highest BCUT2D eigenvalue weighted by Gasteiger charge is 2.40. The molecular formula is C23H33BrN2O. The third kappa shape index (κ3) is 3.46. The van der Waals surface area contributed by atoms with E-state index in [-0.39, 0.29) is 16.7 Å². The number of halogens is 1. The Balaban J connectivity index is 2.31. The quantitative estimate of drug-likeness (QED) is 0.673. The maximum Gasteiger partial charge on any atom is 0.144 e. The lowest BCUT2D eigenvalue weighted by molar-refractivity contribution is 0.208. The maximum absolute atomic E-state index is 11.4. The summed E-state index contributed by atoms with van der Waals surface area (Å²) in [6.07, 6.45) is 6.51. The van der Waals surface area contributed by atoms with Crippen LogP contribution in [-0.4, -0.2) is 14.7 Å². The SMILES string of the molecule is CC1C(C(C)(C)C)=C(O)C(c2nc3c(n2C)=CCCC=3Br)=CC1C(C)(C)C. The van der Waals surface area contributed by atoms with Crippen LogP contribution in [0.25, 0.3) is 16.1 Å². The lowest BCUT2D eigenvalue weighted by Crippen LogP contribution is -2.34.